The SMILES string of the molecule is COCCN1CCO[C@@H]2CCN(C(=O)c3cnc[nH]3)CC[C@@H]21. The van der Waals surface area contributed by atoms with Crippen molar-refractivity contribution in [2.75, 3.05) is 46.5 Å². The molecule has 0 unspecified atom stereocenters. The van der Waals surface area contributed by atoms with Crippen LogP contribution in [0.15, 0.2) is 12.5 Å². The molecule has 1 aromatic heterocycles. The number of methoxy groups -OCH3 is 1. The number of H-pyrrole nitrogens is 1. The minimum absolute atomic E-state index is 0.0274. The highest BCUT2D eigenvalue weighted by atomic mass is 16.5. The van der Waals surface area contributed by atoms with E-state index in [4.69, 9.17) is 9.47 Å². The van der Waals surface area contributed by atoms with Crippen molar-refractivity contribution in [3.8, 4) is 0 Å². The summed E-state index contributed by atoms with van der Waals surface area (Å²) in [5.74, 6) is 0.0274. The number of fused-ring (bicyclic) bond motifs is 1. The maximum atomic E-state index is 12.5. The number of aromatic amines is 1. The molecular weight excluding hydrogens is 284 g/mol. The van der Waals surface area contributed by atoms with Crippen LogP contribution in [0.1, 0.15) is 23.3 Å². The fraction of sp³-hybridized carbons (Fsp3) is 0.733. The summed E-state index contributed by atoms with van der Waals surface area (Å²) in [4.78, 5) is 23.6. The van der Waals surface area contributed by atoms with E-state index >= 15 is 0 Å². The molecule has 3 heterocycles. The first-order valence-electron chi connectivity index (χ1n) is 7.92. The fourth-order valence-electron chi connectivity index (χ4n) is 3.39. The van der Waals surface area contributed by atoms with Gasteiger partial charge in [0, 0.05) is 39.3 Å². The molecule has 1 aromatic rings. The Kier molecular flexibility index (Phi) is 5.07. The van der Waals surface area contributed by atoms with Gasteiger partial charge in [0.1, 0.15) is 5.69 Å². The molecule has 2 aliphatic rings. The lowest BCUT2D eigenvalue weighted by atomic mass is 10.0. The van der Waals surface area contributed by atoms with Gasteiger partial charge in [0.05, 0.1) is 31.8 Å². The van der Waals surface area contributed by atoms with E-state index in [2.05, 4.69) is 14.9 Å². The fourth-order valence-corrected chi connectivity index (χ4v) is 3.39. The summed E-state index contributed by atoms with van der Waals surface area (Å²) in [6.45, 7) is 4.86. The predicted molar refractivity (Wildman–Crippen MR) is 80.7 cm³/mol. The van der Waals surface area contributed by atoms with Crippen molar-refractivity contribution in [3.63, 3.8) is 0 Å². The van der Waals surface area contributed by atoms with Crippen LogP contribution < -0.4 is 0 Å². The summed E-state index contributed by atoms with van der Waals surface area (Å²) in [5.41, 5.74) is 0.557. The van der Waals surface area contributed by atoms with Crippen LogP contribution in [0.4, 0.5) is 0 Å². The average molecular weight is 308 g/mol. The third kappa shape index (κ3) is 3.31. The van der Waals surface area contributed by atoms with E-state index in [-0.39, 0.29) is 12.0 Å². The number of hydrogen-bond donors (Lipinski definition) is 1. The van der Waals surface area contributed by atoms with Gasteiger partial charge in [-0.2, -0.15) is 0 Å². The van der Waals surface area contributed by atoms with Crippen molar-refractivity contribution < 1.29 is 14.3 Å². The first-order valence-corrected chi connectivity index (χ1v) is 7.92. The summed E-state index contributed by atoms with van der Waals surface area (Å²) in [5, 5.41) is 0. The van der Waals surface area contributed by atoms with Gasteiger partial charge in [-0.05, 0) is 12.8 Å². The first kappa shape index (κ1) is 15.5. The number of imidazole rings is 1. The minimum Gasteiger partial charge on any atom is -0.383 e. The maximum absolute atomic E-state index is 12.5. The average Bonchev–Trinajstić information content (AvgIpc) is 2.99. The van der Waals surface area contributed by atoms with E-state index in [9.17, 15) is 4.79 Å². The molecule has 2 fully saturated rings. The van der Waals surface area contributed by atoms with Gasteiger partial charge in [-0.15, -0.1) is 0 Å². The summed E-state index contributed by atoms with van der Waals surface area (Å²) >= 11 is 0. The smallest absolute Gasteiger partial charge is 0.271 e. The number of nitrogens with zero attached hydrogens (tertiary/aromatic N) is 3. The van der Waals surface area contributed by atoms with E-state index in [1.54, 1.807) is 19.6 Å². The van der Waals surface area contributed by atoms with Gasteiger partial charge in [-0.25, -0.2) is 4.98 Å². The van der Waals surface area contributed by atoms with Crippen molar-refractivity contribution in [3.05, 3.63) is 18.2 Å². The molecule has 2 atom stereocenters. The van der Waals surface area contributed by atoms with Crippen LogP contribution in [-0.4, -0.2) is 84.3 Å². The number of hydrogen-bond acceptors (Lipinski definition) is 5. The van der Waals surface area contributed by atoms with Gasteiger partial charge in [0.15, 0.2) is 0 Å². The third-order valence-corrected chi connectivity index (χ3v) is 4.59. The molecule has 0 bridgehead atoms. The van der Waals surface area contributed by atoms with E-state index in [1.165, 1.54) is 0 Å². The Morgan fingerprint density at radius 2 is 2.32 bits per heavy atom. The molecule has 1 N–H and O–H groups in total. The predicted octanol–water partition coefficient (Wildman–Crippen LogP) is 0.362. The molecule has 0 saturated carbocycles. The Balaban J connectivity index is 1.64. The molecule has 0 aromatic carbocycles. The number of carbonyl (C=O) groups is 1. The van der Waals surface area contributed by atoms with E-state index in [0.29, 0.717) is 11.7 Å². The second-order valence-electron chi connectivity index (χ2n) is 5.84. The second-order valence-corrected chi connectivity index (χ2v) is 5.84. The van der Waals surface area contributed by atoms with Crippen LogP contribution in [-0.2, 0) is 9.47 Å². The number of nitrogens with one attached hydrogen (secondary N) is 1. The lowest BCUT2D eigenvalue weighted by Gasteiger charge is -2.40. The van der Waals surface area contributed by atoms with Crippen LogP contribution in [0.25, 0.3) is 0 Å². The number of likely N-dealkylation sites (tertiary alicyclic amines) is 1. The third-order valence-electron chi connectivity index (χ3n) is 4.59. The molecule has 0 aliphatic carbocycles. The van der Waals surface area contributed by atoms with Gasteiger partial charge in [0.25, 0.3) is 5.91 Å². The molecule has 7 heteroatoms. The maximum Gasteiger partial charge on any atom is 0.271 e. The Hall–Kier alpha value is -1.44. The number of rotatable bonds is 4. The molecule has 1 amide bonds. The Morgan fingerprint density at radius 1 is 1.45 bits per heavy atom. The van der Waals surface area contributed by atoms with Gasteiger partial charge in [-0.3, -0.25) is 9.69 Å². The van der Waals surface area contributed by atoms with Crippen LogP contribution in [0.3, 0.4) is 0 Å². The molecule has 122 valence electrons. The summed E-state index contributed by atoms with van der Waals surface area (Å²) < 4.78 is 11.2. The molecular formula is C15H24N4O3. The highest BCUT2D eigenvalue weighted by Crippen LogP contribution is 2.24. The molecule has 0 spiro atoms. The Bertz CT molecular complexity index is 479. The van der Waals surface area contributed by atoms with Gasteiger partial charge in [0.2, 0.25) is 0 Å². The largest absolute Gasteiger partial charge is 0.383 e. The van der Waals surface area contributed by atoms with Gasteiger partial charge in [-0.1, -0.05) is 0 Å². The molecule has 22 heavy (non-hydrogen) atoms. The summed E-state index contributed by atoms with van der Waals surface area (Å²) in [7, 11) is 1.73. The number of morpholine rings is 1. The summed E-state index contributed by atoms with van der Waals surface area (Å²) in [6, 6.07) is 0.378. The Labute approximate surface area is 130 Å². The second kappa shape index (κ2) is 7.21. The van der Waals surface area contributed by atoms with E-state index < -0.39 is 0 Å². The normalized spacial score (nSPS) is 26.5. The van der Waals surface area contributed by atoms with Crippen LogP contribution in [0.5, 0.6) is 0 Å². The number of carbonyl (C=O) groups excluding carboxylic acids is 1. The van der Waals surface area contributed by atoms with E-state index in [0.717, 1.165) is 52.2 Å². The zero-order valence-electron chi connectivity index (χ0n) is 13.0. The lowest BCUT2D eigenvalue weighted by Crippen LogP contribution is -2.52. The number of ether oxygens (including phenoxy) is 2. The van der Waals surface area contributed by atoms with Crippen LogP contribution >= 0.6 is 0 Å². The van der Waals surface area contributed by atoms with E-state index in [1.807, 2.05) is 4.90 Å². The van der Waals surface area contributed by atoms with Crippen molar-refractivity contribution in [2.45, 2.75) is 25.0 Å². The van der Waals surface area contributed by atoms with Gasteiger partial charge < -0.3 is 19.4 Å². The summed E-state index contributed by atoms with van der Waals surface area (Å²) in [6.07, 6.45) is 5.16. The molecule has 2 aliphatic heterocycles. The Morgan fingerprint density at radius 3 is 3.09 bits per heavy atom. The highest BCUT2D eigenvalue weighted by molar-refractivity contribution is 5.92. The van der Waals surface area contributed by atoms with Crippen molar-refractivity contribution in [1.29, 1.82) is 0 Å². The van der Waals surface area contributed by atoms with Crippen LogP contribution in [0, 0.1) is 0 Å². The lowest BCUT2D eigenvalue weighted by molar-refractivity contribution is -0.0761. The van der Waals surface area contributed by atoms with Crippen LogP contribution in [0.2, 0.25) is 0 Å². The monoisotopic (exact) mass is 308 g/mol. The van der Waals surface area contributed by atoms with Crippen molar-refractivity contribution in [2.24, 2.45) is 0 Å². The van der Waals surface area contributed by atoms with Crippen molar-refractivity contribution in [1.82, 2.24) is 19.8 Å². The number of aromatic nitrogens is 2. The quantitative estimate of drug-likeness (QED) is 0.870. The molecule has 7 nitrogen and oxygen atoms in total. The zero-order valence-corrected chi connectivity index (χ0v) is 13.0. The highest BCUT2D eigenvalue weighted by Gasteiger charge is 2.35. The van der Waals surface area contributed by atoms with Gasteiger partial charge >= 0.3 is 0 Å². The molecule has 0 radical (unpaired) electrons. The van der Waals surface area contributed by atoms with Crippen molar-refractivity contribution >= 4 is 5.91 Å². The minimum atomic E-state index is 0.0274. The molecule has 2 saturated heterocycles. The number of amides is 1. The topological polar surface area (TPSA) is 70.7 Å². The first-order chi connectivity index (χ1) is 10.8. The zero-order chi connectivity index (χ0) is 15.4. The molecule has 3 rings (SSSR count). The standard InChI is InChI=1S/C15H24N4O3/c1-21-8-6-18-7-9-22-14-3-5-19(4-2-13(14)18)15(20)12-10-16-11-17-12/h10-11,13-14H,2-9H2,1H3,(H,16,17)/t13-,14+/m0/s1.